The highest BCUT2D eigenvalue weighted by molar-refractivity contribution is 7.08. The Kier molecular flexibility index (Phi) is 4.61. The van der Waals surface area contributed by atoms with Gasteiger partial charge in [0, 0.05) is 25.7 Å². The van der Waals surface area contributed by atoms with Gasteiger partial charge in [0.25, 0.3) is 0 Å². The fourth-order valence-electron chi connectivity index (χ4n) is 2.25. The summed E-state index contributed by atoms with van der Waals surface area (Å²) in [4.78, 5) is 2.36. The molecule has 1 aliphatic heterocycles. The number of nitrogens with one attached hydrogen (secondary N) is 1. The van der Waals surface area contributed by atoms with Crippen molar-refractivity contribution < 1.29 is 0 Å². The Morgan fingerprint density at radius 1 is 1.47 bits per heavy atom. The lowest BCUT2D eigenvalue weighted by atomic mass is 10.0. The van der Waals surface area contributed by atoms with E-state index >= 15 is 0 Å². The minimum absolute atomic E-state index is 0.656. The van der Waals surface area contributed by atoms with E-state index in [0.29, 0.717) is 6.04 Å². The molecular weight excluding hydrogens is 228 g/mol. The zero-order chi connectivity index (χ0) is 12.1. The number of rotatable bonds is 4. The molecule has 1 aromatic rings. The van der Waals surface area contributed by atoms with Crippen LogP contribution >= 0.6 is 11.3 Å². The summed E-state index contributed by atoms with van der Waals surface area (Å²) in [6.45, 7) is 6.25. The molecule has 2 rings (SSSR count). The molecule has 0 amide bonds. The van der Waals surface area contributed by atoms with Crippen molar-refractivity contribution in [3.05, 3.63) is 21.9 Å². The van der Waals surface area contributed by atoms with E-state index in [-0.39, 0.29) is 0 Å². The second kappa shape index (κ2) is 6.20. The maximum atomic E-state index is 5.33. The highest BCUT2D eigenvalue weighted by Gasteiger charge is 2.17. The minimum Gasteiger partial charge on any atom is -0.310 e. The van der Waals surface area contributed by atoms with Gasteiger partial charge in [0.15, 0.2) is 0 Å². The molecule has 92 valence electrons. The Labute approximate surface area is 108 Å². The quantitative estimate of drug-likeness (QED) is 0.822. The first kappa shape index (κ1) is 12.6. The monoisotopic (exact) mass is 248 g/mol. The molecule has 1 fully saturated rings. The molecule has 0 atom stereocenters. The molecule has 0 saturated carbocycles. The summed E-state index contributed by atoms with van der Waals surface area (Å²) < 4.78 is 0. The second-order valence-electron chi connectivity index (χ2n) is 4.72. The second-order valence-corrected chi connectivity index (χ2v) is 5.46. The summed E-state index contributed by atoms with van der Waals surface area (Å²) in [5.74, 6) is 2.72. The molecule has 0 bridgehead atoms. The highest BCUT2D eigenvalue weighted by Crippen LogP contribution is 2.15. The molecule has 0 aromatic carbocycles. The number of aryl methyl sites for hydroxylation is 1. The van der Waals surface area contributed by atoms with E-state index in [1.54, 1.807) is 11.3 Å². The van der Waals surface area contributed by atoms with Gasteiger partial charge < -0.3 is 5.32 Å². The van der Waals surface area contributed by atoms with E-state index < -0.39 is 0 Å². The number of hydrogen-bond donors (Lipinski definition) is 1. The van der Waals surface area contributed by atoms with E-state index in [1.165, 1.54) is 24.0 Å². The van der Waals surface area contributed by atoms with Crippen LogP contribution in [0.25, 0.3) is 0 Å². The largest absolute Gasteiger partial charge is 0.310 e. The average molecular weight is 248 g/mol. The van der Waals surface area contributed by atoms with Crippen LogP contribution in [0.5, 0.6) is 0 Å². The van der Waals surface area contributed by atoms with E-state index in [9.17, 15) is 0 Å². The first-order chi connectivity index (χ1) is 8.29. The predicted molar refractivity (Wildman–Crippen MR) is 74.2 cm³/mol. The molecule has 1 aromatic heterocycles. The molecule has 0 unspecified atom stereocenters. The van der Waals surface area contributed by atoms with Gasteiger partial charge in [-0.25, -0.2) is 0 Å². The molecule has 0 aliphatic carbocycles. The van der Waals surface area contributed by atoms with Crippen LogP contribution in [0, 0.1) is 19.3 Å². The van der Waals surface area contributed by atoms with Crippen LogP contribution in [0.1, 0.15) is 24.0 Å². The van der Waals surface area contributed by atoms with Gasteiger partial charge in [0.05, 0.1) is 6.54 Å². The number of piperidine rings is 1. The number of terminal acetylenes is 1. The number of nitrogens with zero attached hydrogens (tertiary/aromatic N) is 1. The Bertz CT molecular complexity index is 383. The normalized spacial score (nSPS) is 18.1. The van der Waals surface area contributed by atoms with Crippen molar-refractivity contribution in [2.45, 2.75) is 32.4 Å². The van der Waals surface area contributed by atoms with Gasteiger partial charge in [-0.2, -0.15) is 11.3 Å². The van der Waals surface area contributed by atoms with Crippen LogP contribution in [0.15, 0.2) is 10.8 Å². The van der Waals surface area contributed by atoms with Gasteiger partial charge in [0.2, 0.25) is 0 Å². The average Bonchev–Trinajstić information content (AvgIpc) is 2.75. The van der Waals surface area contributed by atoms with Crippen molar-refractivity contribution in [2.75, 3.05) is 19.6 Å². The standard InChI is InChI=1S/C14H20N2S/c1-3-6-16-7-4-14(5-8-16)15-9-13-11-17-10-12(13)2/h1,10-11,14-15H,4-9H2,2H3. The Morgan fingerprint density at radius 2 is 2.24 bits per heavy atom. The third kappa shape index (κ3) is 3.57. The third-order valence-corrected chi connectivity index (χ3v) is 4.36. The van der Waals surface area contributed by atoms with E-state index in [2.05, 4.69) is 33.8 Å². The van der Waals surface area contributed by atoms with Crippen LogP contribution in [-0.2, 0) is 6.54 Å². The molecule has 3 heteroatoms. The zero-order valence-electron chi connectivity index (χ0n) is 10.4. The van der Waals surface area contributed by atoms with Gasteiger partial charge in [-0.15, -0.1) is 6.42 Å². The maximum absolute atomic E-state index is 5.33. The van der Waals surface area contributed by atoms with Crippen LogP contribution < -0.4 is 5.32 Å². The van der Waals surface area contributed by atoms with E-state index in [0.717, 1.165) is 26.2 Å². The van der Waals surface area contributed by atoms with Gasteiger partial charge in [-0.05, 0) is 41.7 Å². The van der Waals surface area contributed by atoms with Crippen molar-refractivity contribution >= 4 is 11.3 Å². The lowest BCUT2D eigenvalue weighted by Gasteiger charge is -2.31. The topological polar surface area (TPSA) is 15.3 Å². The Morgan fingerprint density at radius 3 is 2.82 bits per heavy atom. The molecular formula is C14H20N2S. The van der Waals surface area contributed by atoms with Crippen LogP contribution in [0.2, 0.25) is 0 Å². The summed E-state index contributed by atoms with van der Waals surface area (Å²) in [5, 5.41) is 8.12. The van der Waals surface area contributed by atoms with Crippen molar-refractivity contribution in [1.29, 1.82) is 0 Å². The van der Waals surface area contributed by atoms with Crippen LogP contribution in [0.4, 0.5) is 0 Å². The fourth-order valence-corrected chi connectivity index (χ4v) is 3.10. The lowest BCUT2D eigenvalue weighted by molar-refractivity contribution is 0.217. The predicted octanol–water partition coefficient (Wildman–Crippen LogP) is 2.24. The fraction of sp³-hybridized carbons (Fsp3) is 0.571. The summed E-state index contributed by atoms with van der Waals surface area (Å²) in [6.07, 6.45) is 7.75. The molecule has 1 saturated heterocycles. The number of hydrogen-bond acceptors (Lipinski definition) is 3. The number of thiophene rings is 1. The molecule has 2 heterocycles. The molecule has 1 N–H and O–H groups in total. The first-order valence-electron chi connectivity index (χ1n) is 6.20. The third-order valence-electron chi connectivity index (χ3n) is 3.45. The molecule has 1 aliphatic rings. The van der Waals surface area contributed by atoms with Crippen molar-refractivity contribution in [3.8, 4) is 12.3 Å². The summed E-state index contributed by atoms with van der Waals surface area (Å²) in [5.41, 5.74) is 2.85. The van der Waals surface area contributed by atoms with E-state index in [1.807, 2.05) is 0 Å². The maximum Gasteiger partial charge on any atom is 0.0598 e. The first-order valence-corrected chi connectivity index (χ1v) is 7.14. The van der Waals surface area contributed by atoms with Crippen molar-refractivity contribution in [1.82, 2.24) is 10.2 Å². The molecule has 17 heavy (non-hydrogen) atoms. The van der Waals surface area contributed by atoms with E-state index in [4.69, 9.17) is 6.42 Å². The van der Waals surface area contributed by atoms with Gasteiger partial charge in [0.1, 0.15) is 0 Å². The molecule has 0 radical (unpaired) electrons. The SMILES string of the molecule is C#CCN1CCC(NCc2cscc2C)CC1. The van der Waals surface area contributed by atoms with Crippen molar-refractivity contribution in [3.63, 3.8) is 0 Å². The van der Waals surface area contributed by atoms with Crippen molar-refractivity contribution in [2.24, 2.45) is 0 Å². The van der Waals surface area contributed by atoms with Crippen LogP contribution in [0.3, 0.4) is 0 Å². The van der Waals surface area contributed by atoms with Crippen LogP contribution in [-0.4, -0.2) is 30.6 Å². The van der Waals surface area contributed by atoms with Gasteiger partial charge in [-0.3, -0.25) is 4.90 Å². The Balaban J connectivity index is 1.72. The highest BCUT2D eigenvalue weighted by atomic mass is 32.1. The zero-order valence-corrected chi connectivity index (χ0v) is 11.2. The van der Waals surface area contributed by atoms with Gasteiger partial charge >= 0.3 is 0 Å². The van der Waals surface area contributed by atoms with Gasteiger partial charge in [-0.1, -0.05) is 5.92 Å². The number of likely N-dealkylation sites (tertiary alicyclic amines) is 1. The molecule has 0 spiro atoms. The minimum atomic E-state index is 0.656. The lowest BCUT2D eigenvalue weighted by Crippen LogP contribution is -2.42. The summed E-state index contributed by atoms with van der Waals surface area (Å²) in [7, 11) is 0. The summed E-state index contributed by atoms with van der Waals surface area (Å²) >= 11 is 1.79. The Hall–Kier alpha value is -0.820. The smallest absolute Gasteiger partial charge is 0.0598 e. The summed E-state index contributed by atoms with van der Waals surface area (Å²) in [6, 6.07) is 0.656. The molecule has 2 nitrogen and oxygen atoms in total.